The van der Waals surface area contributed by atoms with Crippen molar-refractivity contribution in [2.45, 2.75) is 19.8 Å². The maximum absolute atomic E-state index is 11.1. The molecule has 0 spiro atoms. The number of carbonyl (C=O) groups is 2. The average Bonchev–Trinajstić information content (AvgIpc) is 2.16. The van der Waals surface area contributed by atoms with E-state index < -0.39 is 11.8 Å². The first-order chi connectivity index (χ1) is 6.16. The molecule has 4 nitrogen and oxygen atoms in total. The van der Waals surface area contributed by atoms with Gasteiger partial charge < -0.3 is 0 Å². The summed E-state index contributed by atoms with van der Waals surface area (Å²) in [7, 11) is 0. The van der Waals surface area contributed by atoms with Crippen LogP contribution >= 0.6 is 0 Å². The molecule has 0 heterocycles. The summed E-state index contributed by atoms with van der Waals surface area (Å²) in [5.74, 6) is -1.63. The third-order valence-corrected chi connectivity index (χ3v) is 2.36. The van der Waals surface area contributed by atoms with Gasteiger partial charge in [0.05, 0.1) is 5.92 Å². The quantitative estimate of drug-likeness (QED) is 0.478. The third kappa shape index (κ3) is 2.08. The standard InChI is InChI=1S/C9H11NO3/c1-6(11)7-4-2-3-5-8(7)9(12)10-13/h2-3,7-8H,4-5H2,1H3. The summed E-state index contributed by atoms with van der Waals surface area (Å²) in [5.41, 5.74) is 0. The van der Waals surface area contributed by atoms with Crippen molar-refractivity contribution in [3.63, 3.8) is 0 Å². The van der Waals surface area contributed by atoms with Crippen LogP contribution < -0.4 is 0 Å². The zero-order valence-corrected chi connectivity index (χ0v) is 7.40. The Bertz CT molecular complexity index is 270. The van der Waals surface area contributed by atoms with E-state index >= 15 is 0 Å². The lowest BCUT2D eigenvalue weighted by molar-refractivity contribution is -0.130. The largest absolute Gasteiger partial charge is 0.300 e. The van der Waals surface area contributed by atoms with Gasteiger partial charge in [0.25, 0.3) is 5.91 Å². The van der Waals surface area contributed by atoms with Gasteiger partial charge in [-0.15, -0.1) is 4.91 Å². The van der Waals surface area contributed by atoms with Crippen molar-refractivity contribution in [3.8, 4) is 0 Å². The van der Waals surface area contributed by atoms with Crippen LogP contribution in [-0.4, -0.2) is 11.7 Å². The van der Waals surface area contributed by atoms with Crippen LogP contribution in [0.5, 0.6) is 0 Å². The van der Waals surface area contributed by atoms with Gasteiger partial charge in [-0.2, -0.15) is 0 Å². The molecule has 1 aliphatic carbocycles. The number of nitrogens with zero attached hydrogens (tertiary/aromatic N) is 1. The maximum Gasteiger partial charge on any atom is 0.290 e. The number of ketones is 1. The fraction of sp³-hybridized carbons (Fsp3) is 0.556. The highest BCUT2D eigenvalue weighted by molar-refractivity contribution is 5.88. The molecule has 1 aliphatic rings. The zero-order chi connectivity index (χ0) is 9.84. The fourth-order valence-corrected chi connectivity index (χ4v) is 1.60. The van der Waals surface area contributed by atoms with Crippen molar-refractivity contribution in [1.82, 2.24) is 0 Å². The summed E-state index contributed by atoms with van der Waals surface area (Å²) < 4.78 is 0. The van der Waals surface area contributed by atoms with Crippen molar-refractivity contribution in [1.29, 1.82) is 0 Å². The molecule has 2 unspecified atom stereocenters. The van der Waals surface area contributed by atoms with E-state index in [9.17, 15) is 14.5 Å². The molecule has 13 heavy (non-hydrogen) atoms. The van der Waals surface area contributed by atoms with Crippen LogP contribution in [0.1, 0.15) is 19.8 Å². The molecule has 0 aromatic carbocycles. The molecule has 0 aliphatic heterocycles. The minimum atomic E-state index is -0.704. The van der Waals surface area contributed by atoms with E-state index in [1.54, 1.807) is 0 Å². The maximum atomic E-state index is 11.1. The molecule has 70 valence electrons. The third-order valence-electron chi connectivity index (χ3n) is 2.36. The first-order valence-electron chi connectivity index (χ1n) is 4.19. The highest BCUT2D eigenvalue weighted by Crippen LogP contribution is 2.27. The van der Waals surface area contributed by atoms with E-state index in [1.165, 1.54) is 6.92 Å². The van der Waals surface area contributed by atoms with E-state index in [-0.39, 0.29) is 11.7 Å². The Morgan fingerprint density at radius 1 is 1.23 bits per heavy atom. The fourth-order valence-electron chi connectivity index (χ4n) is 1.60. The van der Waals surface area contributed by atoms with Crippen molar-refractivity contribution in [3.05, 3.63) is 17.1 Å². The van der Waals surface area contributed by atoms with Crippen molar-refractivity contribution >= 4 is 11.7 Å². The number of hydrogen-bond donors (Lipinski definition) is 0. The number of amides is 1. The lowest BCUT2D eigenvalue weighted by atomic mass is 9.80. The lowest BCUT2D eigenvalue weighted by Crippen LogP contribution is -2.28. The molecular formula is C9H11NO3. The van der Waals surface area contributed by atoms with Gasteiger partial charge in [0, 0.05) is 11.1 Å². The van der Waals surface area contributed by atoms with Crippen molar-refractivity contribution in [2.24, 2.45) is 17.0 Å². The molecule has 4 heteroatoms. The summed E-state index contributed by atoms with van der Waals surface area (Å²) in [6.45, 7) is 1.44. The van der Waals surface area contributed by atoms with Gasteiger partial charge in [0.2, 0.25) is 0 Å². The Balaban J connectivity index is 2.80. The van der Waals surface area contributed by atoms with E-state index in [2.05, 4.69) is 5.18 Å². The Morgan fingerprint density at radius 2 is 1.77 bits per heavy atom. The summed E-state index contributed by atoms with van der Waals surface area (Å²) >= 11 is 0. The second-order valence-corrected chi connectivity index (χ2v) is 3.20. The van der Waals surface area contributed by atoms with Crippen LogP contribution in [0.3, 0.4) is 0 Å². The monoisotopic (exact) mass is 181 g/mol. The van der Waals surface area contributed by atoms with Gasteiger partial charge >= 0.3 is 0 Å². The molecule has 0 saturated heterocycles. The number of nitroso groups, excluding NO2 is 1. The zero-order valence-electron chi connectivity index (χ0n) is 7.40. The predicted octanol–water partition coefficient (Wildman–Crippen LogP) is 1.45. The van der Waals surface area contributed by atoms with Gasteiger partial charge in [-0.05, 0) is 19.8 Å². The average molecular weight is 181 g/mol. The van der Waals surface area contributed by atoms with E-state index in [1.807, 2.05) is 12.2 Å². The number of allylic oxidation sites excluding steroid dienone is 2. The molecular weight excluding hydrogens is 170 g/mol. The highest BCUT2D eigenvalue weighted by Gasteiger charge is 2.32. The predicted molar refractivity (Wildman–Crippen MR) is 46.8 cm³/mol. The van der Waals surface area contributed by atoms with E-state index in [4.69, 9.17) is 0 Å². The van der Waals surface area contributed by atoms with Gasteiger partial charge in [-0.1, -0.05) is 12.2 Å². The highest BCUT2D eigenvalue weighted by atomic mass is 16.3. The van der Waals surface area contributed by atoms with Crippen LogP contribution in [0.15, 0.2) is 17.3 Å². The molecule has 0 saturated carbocycles. The molecule has 1 amide bonds. The minimum absolute atomic E-state index is 0.0497. The Kier molecular flexibility index (Phi) is 3.06. The molecule has 2 atom stereocenters. The smallest absolute Gasteiger partial charge is 0.290 e. The second kappa shape index (κ2) is 4.07. The normalized spacial score (nSPS) is 26.8. The number of rotatable bonds is 2. The van der Waals surface area contributed by atoms with Gasteiger partial charge in [-0.25, -0.2) is 0 Å². The Morgan fingerprint density at radius 3 is 2.23 bits per heavy atom. The van der Waals surface area contributed by atoms with Crippen LogP contribution in [0.4, 0.5) is 0 Å². The SMILES string of the molecule is CC(=O)C1CC=CCC1C(=O)N=O. The molecule has 0 fully saturated rings. The van der Waals surface area contributed by atoms with Gasteiger partial charge in [-0.3, -0.25) is 9.59 Å². The second-order valence-electron chi connectivity index (χ2n) is 3.20. The van der Waals surface area contributed by atoms with Crippen molar-refractivity contribution < 1.29 is 9.59 Å². The summed E-state index contributed by atoms with van der Waals surface area (Å²) in [6, 6.07) is 0. The molecule has 0 N–H and O–H groups in total. The Hall–Kier alpha value is -1.32. The van der Waals surface area contributed by atoms with Crippen molar-refractivity contribution in [2.75, 3.05) is 0 Å². The van der Waals surface area contributed by atoms with Crippen LogP contribution in [0.25, 0.3) is 0 Å². The number of carbonyl (C=O) groups excluding carboxylic acids is 2. The van der Waals surface area contributed by atoms with Gasteiger partial charge in [0.1, 0.15) is 5.78 Å². The first kappa shape index (κ1) is 9.77. The van der Waals surface area contributed by atoms with Gasteiger partial charge in [0.15, 0.2) is 0 Å². The molecule has 0 aromatic heterocycles. The van der Waals surface area contributed by atoms with Crippen LogP contribution in [0.2, 0.25) is 0 Å². The van der Waals surface area contributed by atoms with E-state index in [0.29, 0.717) is 12.8 Å². The summed E-state index contributed by atoms with van der Waals surface area (Å²) in [6.07, 6.45) is 4.67. The molecule has 0 bridgehead atoms. The van der Waals surface area contributed by atoms with Crippen LogP contribution in [-0.2, 0) is 9.59 Å². The first-order valence-corrected chi connectivity index (χ1v) is 4.19. The molecule has 1 rings (SSSR count). The summed E-state index contributed by atoms with van der Waals surface area (Å²) in [4.78, 5) is 32.2. The summed E-state index contributed by atoms with van der Waals surface area (Å²) in [5, 5.41) is 2.37. The number of hydrogen-bond acceptors (Lipinski definition) is 3. The molecule has 0 aromatic rings. The Labute approximate surface area is 76.0 Å². The van der Waals surface area contributed by atoms with E-state index in [0.717, 1.165) is 0 Å². The topological polar surface area (TPSA) is 63.6 Å². The number of Topliss-reactive ketones (excluding diaryl/α,β-unsaturated/α-hetero) is 1. The molecule has 0 radical (unpaired) electrons. The van der Waals surface area contributed by atoms with Crippen LogP contribution in [0, 0.1) is 16.7 Å². The minimum Gasteiger partial charge on any atom is -0.300 e. The lowest BCUT2D eigenvalue weighted by Gasteiger charge is -2.22.